The number of likely N-dealkylation sites (N-methyl/N-ethyl adjacent to an activating group) is 1. The van der Waals surface area contributed by atoms with Crippen LogP contribution in [0.5, 0.6) is 0 Å². The number of morpholine rings is 1. The molecule has 0 aromatic rings. The summed E-state index contributed by atoms with van der Waals surface area (Å²) in [6, 6.07) is 0.440. The molecule has 140 valence electrons. The molecular weight excluding hydrogens is 304 g/mol. The smallest absolute Gasteiger partial charge is 0.314 e. The van der Waals surface area contributed by atoms with Crippen LogP contribution in [0.15, 0.2) is 0 Å². The number of amides is 2. The summed E-state index contributed by atoms with van der Waals surface area (Å²) in [5, 5.41) is 6.10. The van der Waals surface area contributed by atoms with Crippen molar-refractivity contribution in [3.63, 3.8) is 0 Å². The first-order valence-corrected chi connectivity index (χ1v) is 9.48. The van der Waals surface area contributed by atoms with Crippen LogP contribution in [0.25, 0.3) is 0 Å². The van der Waals surface area contributed by atoms with E-state index in [0.29, 0.717) is 12.6 Å². The number of likely N-dealkylation sites (tertiary alicyclic amines) is 1. The highest BCUT2D eigenvalue weighted by Gasteiger charge is 2.33. The molecule has 0 spiro atoms. The molecule has 2 amide bonds. The third kappa shape index (κ3) is 5.33. The lowest BCUT2D eigenvalue weighted by atomic mass is 10.00. The Labute approximate surface area is 147 Å². The Morgan fingerprint density at radius 1 is 1.21 bits per heavy atom. The molecule has 2 N–H and O–H groups in total. The van der Waals surface area contributed by atoms with Crippen LogP contribution in [0, 0.1) is 0 Å². The number of nitrogens with one attached hydrogen (secondary N) is 2. The molecule has 3 unspecified atom stereocenters. The molecule has 0 radical (unpaired) electrons. The minimum atomic E-state index is -0.0769. The maximum atomic E-state index is 12.2. The van der Waals surface area contributed by atoms with E-state index in [9.17, 15) is 4.79 Å². The van der Waals surface area contributed by atoms with Gasteiger partial charge in [0.15, 0.2) is 0 Å². The van der Waals surface area contributed by atoms with Crippen molar-refractivity contribution in [3.05, 3.63) is 0 Å². The molecule has 2 saturated heterocycles. The topological polar surface area (TPSA) is 56.8 Å². The summed E-state index contributed by atoms with van der Waals surface area (Å²) in [6.45, 7) is 16.2. The zero-order chi connectivity index (χ0) is 17.7. The van der Waals surface area contributed by atoms with Gasteiger partial charge in [-0.05, 0) is 53.6 Å². The van der Waals surface area contributed by atoms with Gasteiger partial charge < -0.3 is 15.4 Å². The van der Waals surface area contributed by atoms with Crippen molar-refractivity contribution in [2.75, 3.05) is 39.3 Å². The molecule has 24 heavy (non-hydrogen) atoms. The Kier molecular flexibility index (Phi) is 6.89. The maximum absolute atomic E-state index is 12.2. The molecule has 3 atom stereocenters. The maximum Gasteiger partial charge on any atom is 0.314 e. The van der Waals surface area contributed by atoms with E-state index in [0.717, 1.165) is 32.7 Å². The minimum absolute atomic E-state index is 0.0552. The number of carbonyl (C=O) groups excluding carboxylic acids is 1. The van der Waals surface area contributed by atoms with Crippen LogP contribution in [0.2, 0.25) is 0 Å². The monoisotopic (exact) mass is 340 g/mol. The van der Waals surface area contributed by atoms with E-state index in [2.05, 4.69) is 55.1 Å². The standard InChI is InChI=1S/C18H36N4O2/c1-6-21-9-7-8-16(21)10-19-17(23)20-13-18(4,5)22-11-14(2)24-15(3)12-22/h14-16H,6-13H2,1-5H3,(H2,19,20,23). The first kappa shape index (κ1) is 19.5. The quantitative estimate of drug-likeness (QED) is 0.772. The molecule has 2 fully saturated rings. The highest BCUT2D eigenvalue weighted by atomic mass is 16.5. The second-order valence-corrected chi connectivity index (χ2v) is 7.96. The number of rotatable bonds is 6. The number of hydrogen-bond donors (Lipinski definition) is 2. The normalized spacial score (nSPS) is 29.6. The van der Waals surface area contributed by atoms with Crippen LogP contribution in [-0.2, 0) is 4.74 Å². The zero-order valence-electron chi connectivity index (χ0n) is 16.1. The molecule has 0 aromatic heterocycles. The van der Waals surface area contributed by atoms with E-state index in [1.165, 1.54) is 12.8 Å². The number of carbonyl (C=O) groups is 1. The molecule has 2 aliphatic heterocycles. The fraction of sp³-hybridized carbons (Fsp3) is 0.944. The average molecular weight is 341 g/mol. The first-order chi connectivity index (χ1) is 11.3. The number of urea groups is 1. The summed E-state index contributed by atoms with van der Waals surface area (Å²) in [5.74, 6) is 0. The van der Waals surface area contributed by atoms with Gasteiger partial charge in [0.2, 0.25) is 0 Å². The van der Waals surface area contributed by atoms with E-state index in [1.807, 2.05) is 0 Å². The van der Waals surface area contributed by atoms with Crippen LogP contribution in [-0.4, -0.2) is 78.9 Å². The van der Waals surface area contributed by atoms with Gasteiger partial charge in [-0.2, -0.15) is 0 Å². The Morgan fingerprint density at radius 3 is 2.50 bits per heavy atom. The number of ether oxygens (including phenoxy) is 1. The molecule has 2 aliphatic rings. The molecular formula is C18H36N4O2. The van der Waals surface area contributed by atoms with Crippen LogP contribution < -0.4 is 10.6 Å². The predicted octanol–water partition coefficient (Wildman–Crippen LogP) is 1.66. The summed E-state index contributed by atoms with van der Waals surface area (Å²) in [5.41, 5.74) is -0.0769. The Bertz CT molecular complexity index is 406. The van der Waals surface area contributed by atoms with E-state index < -0.39 is 0 Å². The Morgan fingerprint density at radius 2 is 1.88 bits per heavy atom. The predicted molar refractivity (Wildman–Crippen MR) is 97.3 cm³/mol. The lowest BCUT2D eigenvalue weighted by molar-refractivity contribution is -0.0947. The molecule has 0 bridgehead atoms. The van der Waals surface area contributed by atoms with Crippen molar-refractivity contribution in [3.8, 4) is 0 Å². The second kappa shape index (κ2) is 8.50. The lowest BCUT2D eigenvalue weighted by Gasteiger charge is -2.45. The largest absolute Gasteiger partial charge is 0.373 e. The summed E-state index contributed by atoms with van der Waals surface area (Å²) in [4.78, 5) is 17.0. The Hall–Kier alpha value is -0.850. The molecule has 0 aliphatic carbocycles. The molecule has 0 aromatic carbocycles. The molecule has 6 nitrogen and oxygen atoms in total. The van der Waals surface area contributed by atoms with Crippen LogP contribution in [0.1, 0.15) is 47.5 Å². The van der Waals surface area contributed by atoms with Gasteiger partial charge in [0.25, 0.3) is 0 Å². The van der Waals surface area contributed by atoms with Gasteiger partial charge in [0.05, 0.1) is 12.2 Å². The van der Waals surface area contributed by atoms with Gasteiger partial charge >= 0.3 is 6.03 Å². The van der Waals surface area contributed by atoms with Crippen molar-refractivity contribution in [1.29, 1.82) is 0 Å². The zero-order valence-corrected chi connectivity index (χ0v) is 16.1. The molecule has 2 rings (SSSR count). The second-order valence-electron chi connectivity index (χ2n) is 7.96. The van der Waals surface area contributed by atoms with Gasteiger partial charge in [-0.1, -0.05) is 6.92 Å². The third-order valence-corrected chi connectivity index (χ3v) is 5.36. The van der Waals surface area contributed by atoms with E-state index in [1.54, 1.807) is 0 Å². The van der Waals surface area contributed by atoms with Crippen molar-refractivity contribution >= 4 is 6.03 Å². The first-order valence-electron chi connectivity index (χ1n) is 9.48. The van der Waals surface area contributed by atoms with Crippen molar-refractivity contribution < 1.29 is 9.53 Å². The summed E-state index contributed by atoms with van der Waals surface area (Å²) in [7, 11) is 0. The van der Waals surface area contributed by atoms with Gasteiger partial charge in [0, 0.05) is 37.8 Å². The molecule has 2 heterocycles. The summed E-state index contributed by atoms with van der Waals surface area (Å²) >= 11 is 0. The van der Waals surface area contributed by atoms with Crippen molar-refractivity contribution in [1.82, 2.24) is 20.4 Å². The van der Waals surface area contributed by atoms with Crippen LogP contribution >= 0.6 is 0 Å². The number of hydrogen-bond acceptors (Lipinski definition) is 4. The molecule has 6 heteroatoms. The Balaban J connectivity index is 1.73. The third-order valence-electron chi connectivity index (χ3n) is 5.36. The van der Waals surface area contributed by atoms with E-state index in [4.69, 9.17) is 4.74 Å². The average Bonchev–Trinajstić information content (AvgIpc) is 2.97. The fourth-order valence-electron chi connectivity index (χ4n) is 3.90. The SMILES string of the molecule is CCN1CCCC1CNC(=O)NCC(C)(C)N1CC(C)OC(C)C1. The highest BCUT2D eigenvalue weighted by Crippen LogP contribution is 2.20. The van der Waals surface area contributed by atoms with Gasteiger partial charge in [-0.15, -0.1) is 0 Å². The minimum Gasteiger partial charge on any atom is -0.373 e. The van der Waals surface area contributed by atoms with Crippen LogP contribution in [0.3, 0.4) is 0 Å². The summed E-state index contributed by atoms with van der Waals surface area (Å²) in [6.07, 6.45) is 2.90. The van der Waals surface area contributed by atoms with Gasteiger partial charge in [-0.25, -0.2) is 4.79 Å². The summed E-state index contributed by atoms with van der Waals surface area (Å²) < 4.78 is 5.81. The van der Waals surface area contributed by atoms with E-state index >= 15 is 0 Å². The lowest BCUT2D eigenvalue weighted by Crippen LogP contribution is -2.59. The van der Waals surface area contributed by atoms with Crippen molar-refractivity contribution in [2.45, 2.75) is 71.2 Å². The highest BCUT2D eigenvalue weighted by molar-refractivity contribution is 5.73. The molecule has 0 saturated carbocycles. The number of nitrogens with zero attached hydrogens (tertiary/aromatic N) is 2. The fourth-order valence-corrected chi connectivity index (χ4v) is 3.90. The van der Waals surface area contributed by atoms with Crippen LogP contribution in [0.4, 0.5) is 4.79 Å². The van der Waals surface area contributed by atoms with E-state index in [-0.39, 0.29) is 23.8 Å². The van der Waals surface area contributed by atoms with Gasteiger partial charge in [-0.3, -0.25) is 9.80 Å². The van der Waals surface area contributed by atoms with Gasteiger partial charge in [0.1, 0.15) is 0 Å². The van der Waals surface area contributed by atoms with Crippen molar-refractivity contribution in [2.24, 2.45) is 0 Å².